The van der Waals surface area contributed by atoms with Crippen molar-refractivity contribution in [1.29, 1.82) is 0 Å². The standard InChI is InChI=1S/C23H25NO5/c1-24-17(11-16-6-8-18(26-2)12-20(16)23(24)25)7-4-15-5-9-21(22(10-15)27-3)29-14-19-13-28-19/h5-6,8-12,19H,4,7,13-14H2,1-3H3. The highest BCUT2D eigenvalue weighted by molar-refractivity contribution is 5.83. The van der Waals surface area contributed by atoms with E-state index < -0.39 is 0 Å². The molecule has 3 aromatic rings. The summed E-state index contributed by atoms with van der Waals surface area (Å²) in [6.45, 7) is 1.30. The Bertz CT molecular complexity index is 1080. The van der Waals surface area contributed by atoms with Crippen LogP contribution in [0.2, 0.25) is 0 Å². The minimum Gasteiger partial charge on any atom is -0.497 e. The lowest BCUT2D eigenvalue weighted by Crippen LogP contribution is -2.21. The van der Waals surface area contributed by atoms with Crippen LogP contribution >= 0.6 is 0 Å². The average molecular weight is 395 g/mol. The SMILES string of the molecule is COc1ccc2cc(CCc3ccc(OCC4CO4)c(OC)c3)n(C)c(=O)c2c1. The van der Waals surface area contributed by atoms with Crippen molar-refractivity contribution in [3.8, 4) is 17.2 Å². The molecule has 1 aromatic heterocycles. The Labute approximate surface area is 169 Å². The van der Waals surface area contributed by atoms with Crippen LogP contribution in [0.15, 0.2) is 47.3 Å². The van der Waals surface area contributed by atoms with Gasteiger partial charge in [0.2, 0.25) is 0 Å². The molecule has 152 valence electrons. The zero-order valence-corrected chi connectivity index (χ0v) is 16.9. The number of benzene rings is 2. The highest BCUT2D eigenvalue weighted by Crippen LogP contribution is 2.29. The molecule has 0 spiro atoms. The Hall–Kier alpha value is -2.99. The van der Waals surface area contributed by atoms with E-state index >= 15 is 0 Å². The van der Waals surface area contributed by atoms with Crippen molar-refractivity contribution in [3.63, 3.8) is 0 Å². The molecule has 2 aromatic carbocycles. The second-order valence-electron chi connectivity index (χ2n) is 7.20. The summed E-state index contributed by atoms with van der Waals surface area (Å²) >= 11 is 0. The molecule has 0 radical (unpaired) electrons. The third-order valence-electron chi connectivity index (χ3n) is 5.27. The second kappa shape index (κ2) is 8.17. The normalized spacial score (nSPS) is 15.3. The summed E-state index contributed by atoms with van der Waals surface area (Å²) < 4.78 is 23.4. The quantitative estimate of drug-likeness (QED) is 0.549. The first-order chi connectivity index (χ1) is 14.1. The van der Waals surface area contributed by atoms with Gasteiger partial charge in [-0.25, -0.2) is 0 Å². The summed E-state index contributed by atoms with van der Waals surface area (Å²) in [7, 11) is 5.05. The van der Waals surface area contributed by atoms with Gasteiger partial charge in [-0.1, -0.05) is 12.1 Å². The number of rotatable bonds is 8. The number of methoxy groups -OCH3 is 2. The average Bonchev–Trinajstić information content (AvgIpc) is 3.58. The van der Waals surface area contributed by atoms with Crippen LogP contribution in [0.25, 0.3) is 10.8 Å². The molecule has 0 aliphatic carbocycles. The van der Waals surface area contributed by atoms with E-state index in [0.29, 0.717) is 23.5 Å². The maximum Gasteiger partial charge on any atom is 0.258 e. The van der Waals surface area contributed by atoms with Crippen LogP contribution in [0.5, 0.6) is 17.2 Å². The predicted molar refractivity (Wildman–Crippen MR) is 111 cm³/mol. The summed E-state index contributed by atoms with van der Waals surface area (Å²) in [6.07, 6.45) is 1.73. The molecule has 0 bridgehead atoms. The van der Waals surface area contributed by atoms with E-state index in [1.165, 1.54) is 0 Å². The van der Waals surface area contributed by atoms with Gasteiger partial charge in [-0.3, -0.25) is 4.79 Å². The lowest BCUT2D eigenvalue weighted by Gasteiger charge is -2.13. The van der Waals surface area contributed by atoms with Gasteiger partial charge in [0.15, 0.2) is 11.5 Å². The number of pyridine rings is 1. The summed E-state index contributed by atoms with van der Waals surface area (Å²) in [4.78, 5) is 12.8. The zero-order chi connectivity index (χ0) is 20.4. The summed E-state index contributed by atoms with van der Waals surface area (Å²) in [6, 6.07) is 13.6. The van der Waals surface area contributed by atoms with Gasteiger partial charge in [0.05, 0.1) is 26.2 Å². The predicted octanol–water partition coefficient (Wildman–Crippen LogP) is 3.12. The van der Waals surface area contributed by atoms with Gasteiger partial charge in [0.1, 0.15) is 18.5 Å². The van der Waals surface area contributed by atoms with Gasteiger partial charge in [0.25, 0.3) is 5.56 Å². The van der Waals surface area contributed by atoms with Gasteiger partial charge in [-0.05, 0) is 54.1 Å². The van der Waals surface area contributed by atoms with Crippen LogP contribution < -0.4 is 19.8 Å². The highest BCUT2D eigenvalue weighted by atomic mass is 16.6. The fourth-order valence-corrected chi connectivity index (χ4v) is 3.41. The topological polar surface area (TPSA) is 62.2 Å². The molecular formula is C23H25NO5. The van der Waals surface area contributed by atoms with E-state index in [9.17, 15) is 4.79 Å². The Morgan fingerprint density at radius 2 is 1.86 bits per heavy atom. The van der Waals surface area contributed by atoms with Crippen molar-refractivity contribution >= 4 is 10.8 Å². The number of hydrogen-bond acceptors (Lipinski definition) is 5. The molecule has 1 unspecified atom stereocenters. The molecule has 29 heavy (non-hydrogen) atoms. The van der Waals surface area contributed by atoms with Gasteiger partial charge in [-0.15, -0.1) is 0 Å². The minimum absolute atomic E-state index is 0.0139. The van der Waals surface area contributed by atoms with Crippen molar-refractivity contribution in [2.45, 2.75) is 18.9 Å². The number of ether oxygens (including phenoxy) is 4. The maximum absolute atomic E-state index is 12.8. The lowest BCUT2D eigenvalue weighted by atomic mass is 10.0. The number of epoxide rings is 1. The van der Waals surface area contributed by atoms with E-state index in [1.54, 1.807) is 24.9 Å². The fourth-order valence-electron chi connectivity index (χ4n) is 3.41. The Morgan fingerprint density at radius 3 is 2.59 bits per heavy atom. The maximum atomic E-state index is 12.8. The summed E-state index contributed by atoms with van der Waals surface area (Å²) in [5.74, 6) is 2.12. The molecule has 1 fully saturated rings. The molecule has 1 atom stereocenters. The van der Waals surface area contributed by atoms with Crippen LogP contribution in [-0.2, 0) is 24.6 Å². The molecule has 2 heterocycles. The first-order valence-corrected chi connectivity index (χ1v) is 9.67. The van der Waals surface area contributed by atoms with Crippen molar-refractivity contribution in [3.05, 3.63) is 64.1 Å². The Kier molecular flexibility index (Phi) is 5.45. The highest BCUT2D eigenvalue weighted by Gasteiger charge is 2.23. The number of aryl methyl sites for hydroxylation is 2. The lowest BCUT2D eigenvalue weighted by molar-refractivity contribution is 0.252. The van der Waals surface area contributed by atoms with Crippen LogP contribution in [0.4, 0.5) is 0 Å². The van der Waals surface area contributed by atoms with Crippen LogP contribution in [-0.4, -0.2) is 38.1 Å². The van der Waals surface area contributed by atoms with Crippen molar-refractivity contribution in [2.24, 2.45) is 7.05 Å². The molecule has 1 aliphatic rings. The number of fused-ring (bicyclic) bond motifs is 1. The molecule has 1 saturated heterocycles. The molecule has 6 nitrogen and oxygen atoms in total. The van der Waals surface area contributed by atoms with E-state index in [-0.39, 0.29) is 11.7 Å². The summed E-state index contributed by atoms with van der Waals surface area (Å²) in [5.41, 5.74) is 2.09. The van der Waals surface area contributed by atoms with Gasteiger partial charge in [0, 0.05) is 12.7 Å². The molecule has 0 amide bonds. The molecule has 0 saturated carbocycles. The smallest absolute Gasteiger partial charge is 0.258 e. The monoisotopic (exact) mass is 395 g/mol. The third-order valence-corrected chi connectivity index (χ3v) is 5.27. The van der Waals surface area contributed by atoms with E-state index in [0.717, 1.165) is 41.8 Å². The number of aromatic nitrogens is 1. The van der Waals surface area contributed by atoms with Crippen molar-refractivity contribution < 1.29 is 18.9 Å². The largest absolute Gasteiger partial charge is 0.497 e. The van der Waals surface area contributed by atoms with Crippen LogP contribution in [0, 0.1) is 0 Å². The first kappa shape index (κ1) is 19.3. The molecular weight excluding hydrogens is 370 g/mol. The second-order valence-corrected chi connectivity index (χ2v) is 7.20. The molecule has 1 aliphatic heterocycles. The third kappa shape index (κ3) is 4.22. The van der Waals surface area contributed by atoms with Gasteiger partial charge < -0.3 is 23.5 Å². The van der Waals surface area contributed by atoms with E-state index in [2.05, 4.69) is 6.07 Å². The van der Waals surface area contributed by atoms with Gasteiger partial charge in [-0.2, -0.15) is 0 Å². The van der Waals surface area contributed by atoms with Crippen molar-refractivity contribution in [2.75, 3.05) is 27.4 Å². The van der Waals surface area contributed by atoms with E-state index in [1.807, 2.05) is 37.4 Å². The molecule has 0 N–H and O–H groups in total. The Balaban J connectivity index is 1.53. The fraction of sp³-hybridized carbons (Fsp3) is 0.348. The van der Waals surface area contributed by atoms with E-state index in [4.69, 9.17) is 18.9 Å². The van der Waals surface area contributed by atoms with Crippen LogP contribution in [0.3, 0.4) is 0 Å². The number of nitrogens with zero attached hydrogens (tertiary/aromatic N) is 1. The van der Waals surface area contributed by atoms with Crippen LogP contribution in [0.1, 0.15) is 11.3 Å². The Morgan fingerprint density at radius 1 is 1.03 bits per heavy atom. The summed E-state index contributed by atoms with van der Waals surface area (Å²) in [5, 5.41) is 1.59. The molecule has 4 rings (SSSR count). The molecule has 6 heteroatoms. The number of hydrogen-bond donors (Lipinski definition) is 0. The van der Waals surface area contributed by atoms with Gasteiger partial charge >= 0.3 is 0 Å². The zero-order valence-electron chi connectivity index (χ0n) is 16.9. The van der Waals surface area contributed by atoms with Crippen molar-refractivity contribution in [1.82, 2.24) is 4.57 Å². The first-order valence-electron chi connectivity index (χ1n) is 9.67. The minimum atomic E-state index is -0.0139.